The molecule has 0 spiro atoms. The van der Waals surface area contributed by atoms with Gasteiger partial charge < -0.3 is 15.5 Å². The van der Waals surface area contributed by atoms with Crippen molar-refractivity contribution in [3.63, 3.8) is 0 Å². The second kappa shape index (κ2) is 9.43. The number of aromatic nitrogens is 2. The Balaban J connectivity index is 1.32. The zero-order valence-electron chi connectivity index (χ0n) is 17.0. The Hall–Kier alpha value is -2.67. The molecular weight excluding hydrogens is 400 g/mol. The molecule has 0 bridgehead atoms. The number of halogens is 1. The Bertz CT molecular complexity index is 961. The van der Waals surface area contributed by atoms with Crippen molar-refractivity contribution >= 4 is 40.5 Å². The molecule has 2 aromatic rings. The molecule has 0 aliphatic carbocycles. The first kappa shape index (κ1) is 20.6. The van der Waals surface area contributed by atoms with Gasteiger partial charge >= 0.3 is 6.03 Å². The van der Waals surface area contributed by atoms with Crippen LogP contribution in [-0.4, -0.2) is 64.7 Å². The third kappa shape index (κ3) is 4.73. The van der Waals surface area contributed by atoms with Crippen LogP contribution in [0.5, 0.6) is 0 Å². The molecule has 8 heteroatoms. The maximum absolute atomic E-state index is 12.5. The highest BCUT2D eigenvalue weighted by Gasteiger charge is 2.27. The van der Waals surface area contributed by atoms with Gasteiger partial charge in [-0.3, -0.25) is 9.98 Å². The molecule has 0 unspecified atom stereocenters. The van der Waals surface area contributed by atoms with E-state index in [1.54, 1.807) is 18.5 Å². The third-order valence-electron chi connectivity index (χ3n) is 5.87. The molecule has 2 saturated heterocycles. The summed E-state index contributed by atoms with van der Waals surface area (Å²) >= 11 is 5.99. The second-order valence-corrected chi connectivity index (χ2v) is 8.31. The van der Waals surface area contributed by atoms with Crippen molar-refractivity contribution in [3.8, 4) is 0 Å². The molecule has 0 radical (unpaired) electrons. The van der Waals surface area contributed by atoms with Crippen molar-refractivity contribution in [2.45, 2.75) is 25.7 Å². The minimum Gasteiger partial charge on any atom is -0.404 e. The molecule has 158 valence electrons. The maximum Gasteiger partial charge on any atom is 0.319 e. The van der Waals surface area contributed by atoms with E-state index in [4.69, 9.17) is 17.3 Å². The van der Waals surface area contributed by atoms with Crippen LogP contribution >= 0.6 is 11.6 Å². The first-order valence-electron chi connectivity index (χ1n) is 10.5. The summed E-state index contributed by atoms with van der Waals surface area (Å²) in [5.74, 6) is 0.484. The highest BCUT2D eigenvalue weighted by molar-refractivity contribution is 6.29. The van der Waals surface area contributed by atoms with Crippen molar-refractivity contribution in [2.75, 3.05) is 32.7 Å². The molecule has 0 saturated carbocycles. The van der Waals surface area contributed by atoms with Crippen LogP contribution in [0, 0.1) is 5.92 Å². The van der Waals surface area contributed by atoms with Crippen LogP contribution in [0.15, 0.2) is 35.6 Å². The number of hydrogen-bond donors (Lipinski definition) is 1. The number of likely N-dealkylation sites (tertiary alicyclic amines) is 2. The van der Waals surface area contributed by atoms with E-state index in [2.05, 4.69) is 15.0 Å². The lowest BCUT2D eigenvalue weighted by Gasteiger charge is -2.34. The van der Waals surface area contributed by atoms with E-state index in [-0.39, 0.29) is 6.03 Å². The summed E-state index contributed by atoms with van der Waals surface area (Å²) < 4.78 is 0. The van der Waals surface area contributed by atoms with Crippen molar-refractivity contribution in [3.05, 3.63) is 41.3 Å². The van der Waals surface area contributed by atoms with Gasteiger partial charge in [-0.05, 0) is 49.8 Å². The number of piperidine rings is 1. The van der Waals surface area contributed by atoms with Crippen molar-refractivity contribution in [2.24, 2.45) is 16.6 Å². The Morgan fingerprint density at radius 2 is 1.90 bits per heavy atom. The molecule has 2 fully saturated rings. The number of rotatable bonds is 4. The zero-order chi connectivity index (χ0) is 20.9. The summed E-state index contributed by atoms with van der Waals surface area (Å²) in [5.41, 5.74) is 9.00. The molecule has 2 amide bonds. The lowest BCUT2D eigenvalue weighted by molar-refractivity contribution is 0.141. The number of carbonyl (C=O) groups is 1. The van der Waals surface area contributed by atoms with Crippen LogP contribution in [0.4, 0.5) is 4.79 Å². The monoisotopic (exact) mass is 426 g/mol. The molecule has 2 aliphatic rings. The molecule has 0 aromatic carbocycles. The topological polar surface area (TPSA) is 87.7 Å². The summed E-state index contributed by atoms with van der Waals surface area (Å²) in [6.45, 7) is 4.17. The van der Waals surface area contributed by atoms with Crippen LogP contribution in [-0.2, 0) is 0 Å². The minimum absolute atomic E-state index is 0.209. The molecule has 2 N–H and O–H groups in total. The van der Waals surface area contributed by atoms with Crippen LogP contribution in [0.1, 0.15) is 31.2 Å². The number of amides is 2. The highest BCUT2D eigenvalue weighted by atomic mass is 35.5. The average Bonchev–Trinajstić information content (AvgIpc) is 3.31. The van der Waals surface area contributed by atoms with Gasteiger partial charge in [0.05, 0.1) is 11.0 Å². The van der Waals surface area contributed by atoms with Gasteiger partial charge in [-0.15, -0.1) is 0 Å². The van der Waals surface area contributed by atoms with Gasteiger partial charge in [0.15, 0.2) is 0 Å². The Morgan fingerprint density at radius 3 is 2.63 bits per heavy atom. The normalized spacial score (nSPS) is 18.6. The quantitative estimate of drug-likeness (QED) is 0.597. The van der Waals surface area contributed by atoms with Gasteiger partial charge in [0, 0.05) is 62.5 Å². The van der Waals surface area contributed by atoms with Crippen molar-refractivity contribution < 1.29 is 4.79 Å². The van der Waals surface area contributed by atoms with E-state index in [1.807, 2.05) is 21.9 Å². The smallest absolute Gasteiger partial charge is 0.319 e. The molecule has 2 aliphatic heterocycles. The summed E-state index contributed by atoms with van der Waals surface area (Å²) in [7, 11) is 0. The summed E-state index contributed by atoms with van der Waals surface area (Å²) in [4.78, 5) is 29.8. The van der Waals surface area contributed by atoms with Gasteiger partial charge in [0.1, 0.15) is 5.15 Å². The average molecular weight is 427 g/mol. The van der Waals surface area contributed by atoms with E-state index in [0.717, 1.165) is 80.6 Å². The van der Waals surface area contributed by atoms with Crippen LogP contribution < -0.4 is 5.73 Å². The van der Waals surface area contributed by atoms with Crippen molar-refractivity contribution in [1.29, 1.82) is 0 Å². The number of nitrogens with two attached hydrogens (primary N) is 1. The lowest BCUT2D eigenvalue weighted by Crippen LogP contribution is -2.45. The van der Waals surface area contributed by atoms with Gasteiger partial charge in [0.2, 0.25) is 0 Å². The second-order valence-electron chi connectivity index (χ2n) is 7.92. The van der Waals surface area contributed by atoms with Crippen LogP contribution in [0.2, 0.25) is 5.15 Å². The van der Waals surface area contributed by atoms with Crippen molar-refractivity contribution in [1.82, 2.24) is 19.8 Å². The van der Waals surface area contributed by atoms with Gasteiger partial charge in [-0.25, -0.2) is 9.78 Å². The van der Waals surface area contributed by atoms with Gasteiger partial charge in [-0.1, -0.05) is 11.6 Å². The number of pyridine rings is 2. The summed E-state index contributed by atoms with van der Waals surface area (Å²) in [6.07, 6.45) is 9.33. The standard InChI is InChI=1S/C22H27ClN6O/c23-21-4-3-19-20(27-21)11-17(15-26-19)18(12-24)14-25-13-16-5-9-29(10-6-16)22(30)28-7-1-2-8-28/h3-4,11-12,14-16H,1-2,5-10,13,24H2. The Labute approximate surface area is 181 Å². The predicted octanol–water partition coefficient (Wildman–Crippen LogP) is 3.58. The number of allylic oxidation sites excluding steroid dienone is 1. The largest absolute Gasteiger partial charge is 0.404 e. The SMILES string of the molecule is NC=C(C=NCC1CCN(C(=O)N2CCCC2)CC1)c1cnc2ccc(Cl)nc2c1. The number of fused-ring (bicyclic) bond motifs is 1. The first-order chi connectivity index (χ1) is 14.6. The summed E-state index contributed by atoms with van der Waals surface area (Å²) in [5, 5.41) is 0.433. The fraction of sp³-hybridized carbons (Fsp3) is 0.455. The lowest BCUT2D eigenvalue weighted by atomic mass is 9.97. The molecule has 4 heterocycles. The molecule has 30 heavy (non-hydrogen) atoms. The van der Waals surface area contributed by atoms with Crippen LogP contribution in [0.25, 0.3) is 16.6 Å². The first-order valence-corrected chi connectivity index (χ1v) is 10.9. The van der Waals surface area contributed by atoms with E-state index in [1.165, 1.54) is 6.20 Å². The van der Waals surface area contributed by atoms with Gasteiger partial charge in [-0.2, -0.15) is 0 Å². The maximum atomic E-state index is 12.5. The minimum atomic E-state index is 0.209. The number of carbonyl (C=O) groups excluding carboxylic acids is 1. The van der Waals surface area contributed by atoms with E-state index >= 15 is 0 Å². The Kier molecular flexibility index (Phi) is 6.47. The van der Waals surface area contributed by atoms with Gasteiger partial charge in [0.25, 0.3) is 0 Å². The third-order valence-corrected chi connectivity index (χ3v) is 6.08. The molecule has 2 aromatic heterocycles. The number of nitrogens with zero attached hydrogens (tertiary/aromatic N) is 5. The molecule has 0 atom stereocenters. The van der Waals surface area contributed by atoms with E-state index in [0.29, 0.717) is 11.1 Å². The number of urea groups is 1. The Morgan fingerprint density at radius 1 is 1.17 bits per heavy atom. The van der Waals surface area contributed by atoms with E-state index in [9.17, 15) is 4.79 Å². The van der Waals surface area contributed by atoms with Crippen LogP contribution in [0.3, 0.4) is 0 Å². The predicted molar refractivity (Wildman–Crippen MR) is 121 cm³/mol. The zero-order valence-corrected chi connectivity index (χ0v) is 17.8. The highest BCUT2D eigenvalue weighted by Crippen LogP contribution is 2.21. The molecule has 7 nitrogen and oxygen atoms in total. The summed E-state index contributed by atoms with van der Waals surface area (Å²) in [6, 6.07) is 5.69. The fourth-order valence-electron chi connectivity index (χ4n) is 4.07. The number of aliphatic imine (C=N–C) groups is 1. The fourth-order valence-corrected chi connectivity index (χ4v) is 4.22. The molecule has 4 rings (SSSR count). The number of hydrogen-bond acceptors (Lipinski definition) is 5. The molecular formula is C22H27ClN6O. The van der Waals surface area contributed by atoms with E-state index < -0.39 is 0 Å².